The highest BCUT2D eigenvalue weighted by Gasteiger charge is 2.23. The van der Waals surface area contributed by atoms with E-state index in [0.29, 0.717) is 5.19 Å². The lowest BCUT2D eigenvalue weighted by Gasteiger charge is -2.31. The molecule has 6 heteroatoms. The van der Waals surface area contributed by atoms with Crippen LogP contribution in [0.5, 0.6) is 10.9 Å². The number of benzene rings is 2. The quantitative estimate of drug-likeness (QED) is 0.745. The van der Waals surface area contributed by atoms with E-state index in [9.17, 15) is 4.79 Å². The Balaban J connectivity index is 1.39. The summed E-state index contributed by atoms with van der Waals surface area (Å²) in [4.78, 5) is 18.2. The molecular formula is C20H21N3O2S. The number of primary amides is 1. The number of ether oxygens (including phenoxy) is 1. The highest BCUT2D eigenvalue weighted by Crippen LogP contribution is 2.31. The van der Waals surface area contributed by atoms with Gasteiger partial charge < -0.3 is 10.5 Å². The monoisotopic (exact) mass is 367 g/mol. The second-order valence-electron chi connectivity index (χ2n) is 6.67. The minimum atomic E-state index is -0.186. The zero-order valence-corrected chi connectivity index (χ0v) is 15.2. The van der Waals surface area contributed by atoms with E-state index in [0.717, 1.165) is 48.4 Å². The Morgan fingerprint density at radius 1 is 1.23 bits per heavy atom. The molecule has 1 unspecified atom stereocenters. The molecule has 2 heterocycles. The predicted octanol–water partition coefficient (Wildman–Crippen LogP) is 3.79. The van der Waals surface area contributed by atoms with Crippen LogP contribution in [0.25, 0.3) is 10.2 Å². The lowest BCUT2D eigenvalue weighted by molar-refractivity contribution is -0.123. The van der Waals surface area contributed by atoms with Gasteiger partial charge in [0.15, 0.2) is 0 Å². The fourth-order valence-electron chi connectivity index (χ4n) is 3.35. The van der Waals surface area contributed by atoms with Gasteiger partial charge in [0.25, 0.3) is 5.19 Å². The minimum Gasteiger partial charge on any atom is -0.431 e. The third-order valence-corrected chi connectivity index (χ3v) is 5.63. The molecule has 4 rings (SSSR count). The van der Waals surface area contributed by atoms with E-state index in [1.807, 2.05) is 36.4 Å². The maximum Gasteiger partial charge on any atom is 0.279 e. The summed E-state index contributed by atoms with van der Waals surface area (Å²) in [6, 6.07) is 16.1. The summed E-state index contributed by atoms with van der Waals surface area (Å²) in [7, 11) is 0. The maximum absolute atomic E-state index is 11.4. The Morgan fingerprint density at radius 3 is 2.81 bits per heavy atom. The average molecular weight is 367 g/mol. The van der Waals surface area contributed by atoms with Gasteiger partial charge in [-0.2, -0.15) is 0 Å². The molecular weight excluding hydrogens is 346 g/mol. The third-order valence-electron chi connectivity index (χ3n) is 4.72. The highest BCUT2D eigenvalue weighted by molar-refractivity contribution is 7.20. The van der Waals surface area contributed by atoms with E-state index in [2.05, 4.69) is 22.0 Å². The highest BCUT2D eigenvalue weighted by atomic mass is 32.1. The van der Waals surface area contributed by atoms with Crippen LogP contribution in [0.4, 0.5) is 0 Å². The van der Waals surface area contributed by atoms with Crippen LogP contribution in [0.3, 0.4) is 0 Å². The minimum absolute atomic E-state index is 0.0228. The second kappa shape index (κ2) is 7.43. The Morgan fingerprint density at radius 2 is 2.04 bits per heavy atom. The molecule has 5 nitrogen and oxygen atoms in total. The number of para-hydroxylation sites is 1. The summed E-state index contributed by atoms with van der Waals surface area (Å²) in [6.45, 7) is 2.58. The lowest BCUT2D eigenvalue weighted by atomic mass is 9.97. The topological polar surface area (TPSA) is 68.5 Å². The van der Waals surface area contributed by atoms with Gasteiger partial charge in [0.05, 0.1) is 16.1 Å². The molecule has 0 bridgehead atoms. The zero-order chi connectivity index (χ0) is 17.9. The van der Waals surface area contributed by atoms with E-state index in [1.165, 1.54) is 5.56 Å². The number of nitrogens with two attached hydrogens (primary N) is 1. The van der Waals surface area contributed by atoms with E-state index >= 15 is 0 Å². The second-order valence-corrected chi connectivity index (χ2v) is 7.66. The number of carbonyl (C=O) groups excluding carboxylic acids is 1. The number of amides is 1. The van der Waals surface area contributed by atoms with Crippen LogP contribution in [0.2, 0.25) is 0 Å². The number of nitrogens with zero attached hydrogens (tertiary/aromatic N) is 2. The van der Waals surface area contributed by atoms with E-state index in [4.69, 9.17) is 10.5 Å². The summed E-state index contributed by atoms with van der Waals surface area (Å²) in [5.74, 6) is 0.570. The zero-order valence-electron chi connectivity index (χ0n) is 14.4. The SMILES string of the molecule is NC(=O)C1CCCN(Cc2ccc(Oc3nc4ccccc4s3)cc2)C1. The molecule has 1 saturated heterocycles. The van der Waals surface area contributed by atoms with Crippen molar-refractivity contribution in [1.82, 2.24) is 9.88 Å². The molecule has 1 aliphatic rings. The van der Waals surface area contributed by atoms with Gasteiger partial charge in [-0.15, -0.1) is 0 Å². The summed E-state index contributed by atoms with van der Waals surface area (Å²) in [6.07, 6.45) is 1.92. The summed E-state index contributed by atoms with van der Waals surface area (Å²) >= 11 is 1.54. The first kappa shape index (κ1) is 17.0. The van der Waals surface area contributed by atoms with Crippen molar-refractivity contribution < 1.29 is 9.53 Å². The molecule has 0 radical (unpaired) electrons. The van der Waals surface area contributed by atoms with Gasteiger partial charge in [0, 0.05) is 13.1 Å². The number of hydrogen-bond donors (Lipinski definition) is 1. The van der Waals surface area contributed by atoms with Gasteiger partial charge in [0.2, 0.25) is 5.91 Å². The number of thiazole rings is 1. The number of hydrogen-bond acceptors (Lipinski definition) is 5. The first-order chi connectivity index (χ1) is 12.7. The molecule has 1 aliphatic heterocycles. The number of likely N-dealkylation sites (tertiary alicyclic amines) is 1. The normalized spacial score (nSPS) is 18.1. The fourth-order valence-corrected chi connectivity index (χ4v) is 4.18. The van der Waals surface area contributed by atoms with Crippen molar-refractivity contribution in [2.45, 2.75) is 19.4 Å². The first-order valence-corrected chi connectivity index (χ1v) is 9.63. The third kappa shape index (κ3) is 3.86. The molecule has 2 aromatic carbocycles. The van der Waals surface area contributed by atoms with Crippen LogP contribution in [-0.2, 0) is 11.3 Å². The summed E-state index contributed by atoms with van der Waals surface area (Å²) in [5, 5.41) is 0.652. The molecule has 3 aromatic rings. The predicted molar refractivity (Wildman–Crippen MR) is 103 cm³/mol. The van der Waals surface area contributed by atoms with Gasteiger partial charge in [-0.05, 0) is 49.2 Å². The van der Waals surface area contributed by atoms with Crippen molar-refractivity contribution in [2.75, 3.05) is 13.1 Å². The molecule has 26 heavy (non-hydrogen) atoms. The number of rotatable bonds is 5. The van der Waals surface area contributed by atoms with Gasteiger partial charge in [-0.3, -0.25) is 9.69 Å². The van der Waals surface area contributed by atoms with Gasteiger partial charge in [-0.1, -0.05) is 35.6 Å². The van der Waals surface area contributed by atoms with Gasteiger partial charge >= 0.3 is 0 Å². The number of piperidine rings is 1. The van der Waals surface area contributed by atoms with E-state index in [-0.39, 0.29) is 11.8 Å². The van der Waals surface area contributed by atoms with Gasteiger partial charge in [0.1, 0.15) is 5.75 Å². The van der Waals surface area contributed by atoms with Gasteiger partial charge in [-0.25, -0.2) is 4.98 Å². The molecule has 1 aromatic heterocycles. The van der Waals surface area contributed by atoms with Crippen molar-refractivity contribution in [2.24, 2.45) is 11.7 Å². The maximum atomic E-state index is 11.4. The van der Waals surface area contributed by atoms with Crippen molar-refractivity contribution in [3.8, 4) is 10.9 Å². The van der Waals surface area contributed by atoms with Crippen LogP contribution in [0.1, 0.15) is 18.4 Å². The molecule has 2 N–H and O–H groups in total. The van der Waals surface area contributed by atoms with E-state index < -0.39 is 0 Å². The van der Waals surface area contributed by atoms with Crippen molar-refractivity contribution in [1.29, 1.82) is 0 Å². The molecule has 1 atom stereocenters. The summed E-state index contributed by atoms with van der Waals surface area (Å²) in [5.41, 5.74) is 7.61. The molecule has 0 spiro atoms. The van der Waals surface area contributed by atoms with E-state index in [1.54, 1.807) is 11.3 Å². The standard InChI is InChI=1S/C20H21N3O2S/c21-19(24)15-4-3-11-23(13-15)12-14-7-9-16(10-8-14)25-20-22-17-5-1-2-6-18(17)26-20/h1-2,5-10,15H,3-4,11-13H2,(H2,21,24). The number of fused-ring (bicyclic) bond motifs is 1. The number of aromatic nitrogens is 1. The molecule has 0 saturated carbocycles. The molecule has 134 valence electrons. The molecule has 1 amide bonds. The van der Waals surface area contributed by atoms with Crippen LogP contribution in [0.15, 0.2) is 48.5 Å². The lowest BCUT2D eigenvalue weighted by Crippen LogP contribution is -2.40. The number of carbonyl (C=O) groups is 1. The summed E-state index contributed by atoms with van der Waals surface area (Å²) < 4.78 is 7.01. The van der Waals surface area contributed by atoms with Crippen molar-refractivity contribution in [3.05, 3.63) is 54.1 Å². The average Bonchev–Trinajstić information content (AvgIpc) is 3.06. The van der Waals surface area contributed by atoms with Crippen LogP contribution in [0, 0.1) is 5.92 Å². The Labute approximate surface area is 156 Å². The Bertz CT molecular complexity index is 874. The largest absolute Gasteiger partial charge is 0.431 e. The first-order valence-electron chi connectivity index (χ1n) is 8.81. The van der Waals surface area contributed by atoms with Crippen molar-refractivity contribution in [3.63, 3.8) is 0 Å². The smallest absolute Gasteiger partial charge is 0.279 e. The fraction of sp³-hybridized carbons (Fsp3) is 0.300. The molecule has 0 aliphatic carbocycles. The Hall–Kier alpha value is -2.44. The van der Waals surface area contributed by atoms with Crippen LogP contribution < -0.4 is 10.5 Å². The van der Waals surface area contributed by atoms with Crippen LogP contribution in [-0.4, -0.2) is 28.9 Å². The van der Waals surface area contributed by atoms with Crippen molar-refractivity contribution >= 4 is 27.5 Å². The van der Waals surface area contributed by atoms with Crippen LogP contribution >= 0.6 is 11.3 Å². The molecule has 1 fully saturated rings. The Kier molecular flexibility index (Phi) is 4.86.